The Bertz CT molecular complexity index is 3130. The van der Waals surface area contributed by atoms with Gasteiger partial charge in [-0.1, -0.05) is 66.7 Å². The zero-order chi connectivity index (χ0) is 54.7. The highest BCUT2D eigenvalue weighted by molar-refractivity contribution is 5.97. The number of imidazole rings is 2. The summed E-state index contributed by atoms with van der Waals surface area (Å²) in [6.45, 7) is 7.58. The fourth-order valence-electron chi connectivity index (χ4n) is 8.83. The summed E-state index contributed by atoms with van der Waals surface area (Å²) in [6, 6.07) is 18.1. The van der Waals surface area contributed by atoms with Gasteiger partial charge in [-0.3, -0.25) is 38.9 Å². The fourth-order valence-corrected chi connectivity index (χ4v) is 8.83. The molecule has 28 nitrogen and oxygen atoms in total. The number of fused-ring (bicyclic) bond motifs is 4. The number of nitrogens with one attached hydrogen (secondary N) is 6. The van der Waals surface area contributed by atoms with Gasteiger partial charge in [-0.25, -0.2) is 39.5 Å². The third-order valence-electron chi connectivity index (χ3n) is 12.2. The molecule has 8 unspecified atom stereocenters. The molecule has 0 bridgehead atoms. The van der Waals surface area contributed by atoms with Gasteiger partial charge >= 0.3 is 24.0 Å². The molecule has 10 rings (SSSR count). The zero-order valence-electron chi connectivity index (χ0n) is 42.5. The number of esters is 2. The predicted octanol–water partition coefficient (Wildman–Crippen LogP) is 2.40. The lowest BCUT2D eigenvalue weighted by Gasteiger charge is -2.21. The molecular weight excluding hydrogens is 1020 g/mol. The molecule has 4 aromatic heterocycles. The van der Waals surface area contributed by atoms with Crippen LogP contribution in [0.5, 0.6) is 0 Å². The lowest BCUT2D eigenvalue weighted by molar-refractivity contribution is -0.162. The van der Waals surface area contributed by atoms with Crippen molar-refractivity contribution in [3.05, 3.63) is 103 Å². The van der Waals surface area contributed by atoms with E-state index in [1.807, 2.05) is 66.7 Å². The Balaban J connectivity index is 0.000000190. The summed E-state index contributed by atoms with van der Waals surface area (Å²) < 4.78 is 49.9. The summed E-state index contributed by atoms with van der Waals surface area (Å²) in [5.74, 6) is -1.82. The molecule has 4 fully saturated rings. The molecule has 6 aromatic rings. The molecule has 4 aliphatic heterocycles. The van der Waals surface area contributed by atoms with Crippen molar-refractivity contribution in [1.29, 1.82) is 0 Å². The normalized spacial score (nSPS) is 23.9. The monoisotopic (exact) mass is 1080 g/mol. The number of carbonyl (C=O) groups is 6. The van der Waals surface area contributed by atoms with Crippen LogP contribution >= 0.6 is 0 Å². The highest BCUT2D eigenvalue weighted by Crippen LogP contribution is 2.45. The van der Waals surface area contributed by atoms with Crippen LogP contribution in [0.25, 0.3) is 28.4 Å². The molecule has 10 atom stereocenters. The molecular formula is C50H56N14O14. The fraction of sp³-hybridized carbons (Fsp3) is 0.400. The van der Waals surface area contributed by atoms with E-state index in [1.54, 1.807) is 42.9 Å². The first kappa shape index (κ1) is 54.3. The van der Waals surface area contributed by atoms with Crippen molar-refractivity contribution in [2.45, 2.75) is 89.4 Å². The summed E-state index contributed by atoms with van der Waals surface area (Å²) in [6.07, 6.45) is 0.669. The Morgan fingerprint density at radius 2 is 1.01 bits per heavy atom. The second-order valence-electron chi connectivity index (χ2n) is 17.3. The molecule has 0 radical (unpaired) electrons. The van der Waals surface area contributed by atoms with Crippen LogP contribution in [0.3, 0.4) is 0 Å². The number of amides is 6. The molecule has 6 N–H and O–H groups in total. The number of hydrogen-bond donors (Lipinski definition) is 6. The number of aromatic nitrogens is 8. The first-order chi connectivity index (χ1) is 38.0. The third-order valence-corrected chi connectivity index (χ3v) is 12.2. The van der Waals surface area contributed by atoms with Gasteiger partial charge < -0.3 is 59.2 Å². The largest absolute Gasteiger partial charge is 0.465 e. The van der Waals surface area contributed by atoms with E-state index in [0.29, 0.717) is 35.4 Å². The number of carbonyl (C=O) groups excluding carboxylic acids is 6. The summed E-state index contributed by atoms with van der Waals surface area (Å²) in [7, 11) is 0. The standard InChI is InChI=1S/C26H29N7O7.C24H27N7O7/c1-3-27-26(36)32-22-18-23(30-13-29-22)33(14-31-18)25-21-19(20(40-25)24(35)28-12-16(34)37-4-2)38-17(39-21)11-10-15-8-6-5-7-9-15;1-3-25-24(34)30-19-15-20(28-11-27-19)31(12-29-15)22-18-16(37-23(38-18)13-8-6-5-7-9-13)17(36-22)21(33)26-10-14(32)35-4-2/h5-11,13-14,17,19-21,25H,3-4,12H2,1-2H3,(H,28,35)(H2,27,29,30,32,36);5-9,11-12,16-18,22-23H,3-4,10H2,1-2H3,(H,26,33)(H2,25,27,28,30,34)/b11-10+;/t17-,19?,20?,21?,25?;16?,17?,18?,22?,23-/m00/s1. The second-order valence-corrected chi connectivity index (χ2v) is 17.3. The Morgan fingerprint density at radius 1 is 0.551 bits per heavy atom. The van der Waals surface area contributed by atoms with E-state index in [0.717, 1.165) is 11.1 Å². The maximum absolute atomic E-state index is 13.1. The maximum Gasteiger partial charge on any atom is 0.325 e. The smallest absolute Gasteiger partial charge is 0.325 e. The zero-order valence-corrected chi connectivity index (χ0v) is 42.5. The van der Waals surface area contributed by atoms with Crippen LogP contribution in [-0.4, -0.2) is 157 Å². The quantitative estimate of drug-likeness (QED) is 0.0714. The van der Waals surface area contributed by atoms with E-state index in [4.69, 9.17) is 37.9 Å². The SMILES string of the molecule is CCNC(=O)Nc1ncnc2c1ncn2C1OC(C(=O)NCC(=O)OCC)C2O[C@H](/C=C/c3ccccc3)OC21.CCNC(=O)Nc1ncnc2c1ncn2C1OC(C(=O)NCC(=O)OCC)C2O[C@H](c3ccccc3)OC21. The minimum Gasteiger partial charge on any atom is -0.465 e. The van der Waals surface area contributed by atoms with Crippen molar-refractivity contribution < 1.29 is 66.7 Å². The van der Waals surface area contributed by atoms with Gasteiger partial charge in [0, 0.05) is 18.7 Å². The number of ether oxygens (including phenoxy) is 8. The first-order valence-corrected chi connectivity index (χ1v) is 25.0. The van der Waals surface area contributed by atoms with Crippen LogP contribution < -0.4 is 31.9 Å². The summed E-state index contributed by atoms with van der Waals surface area (Å²) in [5.41, 5.74) is 3.08. The number of nitrogens with zero attached hydrogens (tertiary/aromatic N) is 8. The van der Waals surface area contributed by atoms with E-state index in [-0.39, 0.29) is 37.9 Å². The minimum absolute atomic E-state index is 0.195. The molecule has 0 saturated carbocycles. The predicted molar refractivity (Wildman–Crippen MR) is 271 cm³/mol. The number of anilines is 2. The van der Waals surface area contributed by atoms with Crippen molar-refractivity contribution >= 4 is 75.9 Å². The van der Waals surface area contributed by atoms with Crippen molar-refractivity contribution in [1.82, 2.24) is 60.3 Å². The van der Waals surface area contributed by atoms with Gasteiger partial charge in [0.1, 0.15) is 50.2 Å². The molecule has 4 saturated heterocycles. The topological polar surface area (TPSA) is 336 Å². The Hall–Kier alpha value is -8.54. The highest BCUT2D eigenvalue weighted by Gasteiger charge is 2.57. The molecule has 410 valence electrons. The third kappa shape index (κ3) is 12.2. The van der Waals surface area contributed by atoms with Crippen molar-refractivity contribution in [3.8, 4) is 0 Å². The molecule has 6 amide bonds. The molecule has 78 heavy (non-hydrogen) atoms. The van der Waals surface area contributed by atoms with E-state index in [9.17, 15) is 28.8 Å². The minimum atomic E-state index is -1.10. The van der Waals surface area contributed by atoms with E-state index < -0.39 is 97.5 Å². The van der Waals surface area contributed by atoms with E-state index in [2.05, 4.69) is 61.8 Å². The molecule has 2 aromatic carbocycles. The van der Waals surface area contributed by atoms with Crippen LogP contribution in [0.1, 0.15) is 57.6 Å². The highest BCUT2D eigenvalue weighted by atomic mass is 16.8. The van der Waals surface area contributed by atoms with Gasteiger partial charge in [0.15, 0.2) is 71.2 Å². The van der Waals surface area contributed by atoms with Gasteiger partial charge in [0.25, 0.3) is 11.8 Å². The molecule has 0 spiro atoms. The Labute approximate surface area is 444 Å². The summed E-state index contributed by atoms with van der Waals surface area (Å²) >= 11 is 0. The summed E-state index contributed by atoms with van der Waals surface area (Å²) in [4.78, 5) is 99.5. The van der Waals surface area contributed by atoms with Crippen molar-refractivity contribution in [2.24, 2.45) is 0 Å². The Morgan fingerprint density at radius 3 is 1.51 bits per heavy atom. The van der Waals surface area contributed by atoms with Crippen molar-refractivity contribution in [3.63, 3.8) is 0 Å². The second kappa shape index (κ2) is 25.1. The van der Waals surface area contributed by atoms with Gasteiger partial charge in [0.2, 0.25) is 0 Å². The number of rotatable bonds is 17. The Kier molecular flexibility index (Phi) is 17.4. The molecule has 0 aliphatic carbocycles. The van der Waals surface area contributed by atoms with E-state index >= 15 is 0 Å². The van der Waals surface area contributed by atoms with Gasteiger partial charge in [-0.15, -0.1) is 0 Å². The van der Waals surface area contributed by atoms with Crippen molar-refractivity contribution in [2.75, 3.05) is 50.0 Å². The number of benzene rings is 2. The maximum atomic E-state index is 13.1. The van der Waals surface area contributed by atoms with Crippen LogP contribution in [0.15, 0.2) is 92.0 Å². The van der Waals surface area contributed by atoms with Crippen LogP contribution in [0.2, 0.25) is 0 Å². The van der Waals surface area contributed by atoms with Gasteiger partial charge in [-0.05, 0) is 39.3 Å². The summed E-state index contributed by atoms with van der Waals surface area (Å²) in [5, 5.41) is 15.7. The lowest BCUT2D eigenvalue weighted by atomic mass is 10.1. The van der Waals surface area contributed by atoms with Crippen LogP contribution in [-0.2, 0) is 57.1 Å². The average Bonchev–Trinajstić information content (AvgIpc) is 4.45. The number of urea groups is 2. The van der Waals surface area contributed by atoms with Gasteiger partial charge in [-0.2, -0.15) is 0 Å². The lowest BCUT2D eigenvalue weighted by Crippen LogP contribution is -2.44. The number of hydrogen-bond acceptors (Lipinski definition) is 20. The van der Waals surface area contributed by atoms with E-state index in [1.165, 1.54) is 25.3 Å². The van der Waals surface area contributed by atoms with Crippen LogP contribution in [0.4, 0.5) is 21.2 Å². The average molecular weight is 1080 g/mol. The molecule has 4 aliphatic rings. The molecule has 28 heteroatoms. The van der Waals surface area contributed by atoms with Crippen LogP contribution in [0, 0.1) is 0 Å². The van der Waals surface area contributed by atoms with Gasteiger partial charge in [0.05, 0.1) is 25.9 Å². The molecule has 8 heterocycles. The first-order valence-electron chi connectivity index (χ1n) is 25.0.